The van der Waals surface area contributed by atoms with Crippen LogP contribution in [0, 0.1) is 6.92 Å². The second-order valence-electron chi connectivity index (χ2n) is 4.52. The second kappa shape index (κ2) is 4.75. The SMILES string of the molecule is Cc1ccc(C(=O)N2CCOC(C)C2)c(N)c1. The Morgan fingerprint density at radius 1 is 1.53 bits per heavy atom. The molecule has 92 valence electrons. The predicted octanol–water partition coefficient (Wildman–Crippen LogP) is 1.44. The van der Waals surface area contributed by atoms with Crippen LogP contribution in [0.1, 0.15) is 22.8 Å². The summed E-state index contributed by atoms with van der Waals surface area (Å²) in [5.74, 6) is -0.00218. The molecule has 4 nitrogen and oxygen atoms in total. The van der Waals surface area contributed by atoms with Crippen LogP contribution in [0.5, 0.6) is 0 Å². The molecule has 1 aromatic rings. The normalized spacial score (nSPS) is 20.4. The van der Waals surface area contributed by atoms with Gasteiger partial charge >= 0.3 is 0 Å². The van der Waals surface area contributed by atoms with Crippen molar-refractivity contribution in [3.63, 3.8) is 0 Å². The fraction of sp³-hybridized carbons (Fsp3) is 0.462. The molecule has 0 aliphatic carbocycles. The average molecular weight is 234 g/mol. The Bertz CT molecular complexity index is 431. The third-order valence-corrected chi connectivity index (χ3v) is 2.97. The highest BCUT2D eigenvalue weighted by Gasteiger charge is 2.23. The molecule has 1 aliphatic heterocycles. The van der Waals surface area contributed by atoms with Gasteiger partial charge in [0.05, 0.1) is 18.3 Å². The number of nitrogens with two attached hydrogens (primary N) is 1. The van der Waals surface area contributed by atoms with Gasteiger partial charge in [0, 0.05) is 18.8 Å². The maximum absolute atomic E-state index is 12.3. The lowest BCUT2D eigenvalue weighted by Crippen LogP contribution is -2.44. The molecule has 17 heavy (non-hydrogen) atoms. The lowest BCUT2D eigenvalue weighted by Gasteiger charge is -2.31. The summed E-state index contributed by atoms with van der Waals surface area (Å²) in [5.41, 5.74) is 8.09. The lowest BCUT2D eigenvalue weighted by atomic mass is 10.1. The number of nitrogen functional groups attached to an aromatic ring is 1. The van der Waals surface area contributed by atoms with Crippen LogP contribution in [0.15, 0.2) is 18.2 Å². The first-order valence-corrected chi connectivity index (χ1v) is 5.85. The number of rotatable bonds is 1. The summed E-state index contributed by atoms with van der Waals surface area (Å²) >= 11 is 0. The van der Waals surface area contributed by atoms with Crippen molar-refractivity contribution in [3.8, 4) is 0 Å². The first kappa shape index (κ1) is 11.9. The fourth-order valence-electron chi connectivity index (χ4n) is 2.05. The molecule has 2 N–H and O–H groups in total. The van der Waals surface area contributed by atoms with E-state index >= 15 is 0 Å². The fourth-order valence-corrected chi connectivity index (χ4v) is 2.05. The van der Waals surface area contributed by atoms with Crippen molar-refractivity contribution in [1.29, 1.82) is 0 Å². The zero-order valence-electron chi connectivity index (χ0n) is 10.3. The molecule has 0 saturated carbocycles. The molecule has 4 heteroatoms. The highest BCUT2D eigenvalue weighted by Crippen LogP contribution is 2.17. The largest absolute Gasteiger partial charge is 0.398 e. The van der Waals surface area contributed by atoms with E-state index in [1.54, 1.807) is 11.0 Å². The van der Waals surface area contributed by atoms with E-state index in [2.05, 4.69) is 0 Å². The summed E-state index contributed by atoms with van der Waals surface area (Å²) in [6.45, 7) is 5.79. The number of benzene rings is 1. The molecule has 1 amide bonds. The zero-order chi connectivity index (χ0) is 12.4. The number of amides is 1. The van der Waals surface area contributed by atoms with Gasteiger partial charge in [0.1, 0.15) is 0 Å². The summed E-state index contributed by atoms with van der Waals surface area (Å²) in [6, 6.07) is 5.54. The quantitative estimate of drug-likeness (QED) is 0.748. The van der Waals surface area contributed by atoms with Crippen molar-refractivity contribution in [2.75, 3.05) is 25.4 Å². The van der Waals surface area contributed by atoms with Gasteiger partial charge < -0.3 is 15.4 Å². The monoisotopic (exact) mass is 234 g/mol. The molecule has 1 unspecified atom stereocenters. The van der Waals surface area contributed by atoms with Gasteiger partial charge in [-0.1, -0.05) is 6.07 Å². The Balaban J connectivity index is 2.18. The molecular weight excluding hydrogens is 216 g/mol. The average Bonchev–Trinajstić information content (AvgIpc) is 2.28. The van der Waals surface area contributed by atoms with Gasteiger partial charge in [-0.05, 0) is 31.5 Å². The number of nitrogens with zero attached hydrogens (tertiary/aromatic N) is 1. The van der Waals surface area contributed by atoms with Crippen LogP contribution >= 0.6 is 0 Å². The van der Waals surface area contributed by atoms with Crippen LogP contribution in [-0.4, -0.2) is 36.6 Å². The molecule has 1 fully saturated rings. The van der Waals surface area contributed by atoms with Gasteiger partial charge in [-0.3, -0.25) is 4.79 Å². The molecular formula is C13H18N2O2. The molecule has 2 rings (SSSR count). The van der Waals surface area contributed by atoms with Crippen LogP contribution in [0.2, 0.25) is 0 Å². The van der Waals surface area contributed by atoms with Gasteiger partial charge in [0.2, 0.25) is 0 Å². The number of carbonyl (C=O) groups is 1. The van der Waals surface area contributed by atoms with Crippen LogP contribution in [-0.2, 0) is 4.74 Å². The van der Waals surface area contributed by atoms with E-state index in [9.17, 15) is 4.79 Å². The van der Waals surface area contributed by atoms with Gasteiger partial charge in [-0.15, -0.1) is 0 Å². The van der Waals surface area contributed by atoms with Crippen molar-refractivity contribution in [1.82, 2.24) is 4.90 Å². The summed E-state index contributed by atoms with van der Waals surface area (Å²) in [4.78, 5) is 14.1. The number of ether oxygens (including phenoxy) is 1. The van der Waals surface area contributed by atoms with Crippen LogP contribution < -0.4 is 5.73 Å². The summed E-state index contributed by atoms with van der Waals surface area (Å²) in [6.07, 6.45) is 0.0966. The number of hydrogen-bond donors (Lipinski definition) is 1. The molecule has 1 heterocycles. The Kier molecular flexibility index (Phi) is 3.33. The van der Waals surface area contributed by atoms with Crippen molar-refractivity contribution in [2.24, 2.45) is 0 Å². The maximum atomic E-state index is 12.3. The molecule has 1 atom stereocenters. The zero-order valence-corrected chi connectivity index (χ0v) is 10.3. The molecule has 0 aromatic heterocycles. The smallest absolute Gasteiger partial charge is 0.256 e. The highest BCUT2D eigenvalue weighted by molar-refractivity contribution is 5.99. The van der Waals surface area contributed by atoms with Gasteiger partial charge in [0.15, 0.2) is 0 Å². The topological polar surface area (TPSA) is 55.6 Å². The number of anilines is 1. The minimum Gasteiger partial charge on any atom is -0.398 e. The third-order valence-electron chi connectivity index (χ3n) is 2.97. The van der Waals surface area contributed by atoms with Crippen molar-refractivity contribution < 1.29 is 9.53 Å². The third kappa shape index (κ3) is 2.58. The van der Waals surface area contributed by atoms with E-state index in [0.29, 0.717) is 30.9 Å². The van der Waals surface area contributed by atoms with E-state index in [1.807, 2.05) is 26.0 Å². The minimum atomic E-state index is -0.00218. The lowest BCUT2D eigenvalue weighted by molar-refractivity contribution is -0.0123. The van der Waals surface area contributed by atoms with Crippen LogP contribution in [0.25, 0.3) is 0 Å². The Morgan fingerprint density at radius 3 is 2.94 bits per heavy atom. The Hall–Kier alpha value is -1.55. The highest BCUT2D eigenvalue weighted by atomic mass is 16.5. The second-order valence-corrected chi connectivity index (χ2v) is 4.52. The minimum absolute atomic E-state index is 0.00218. The van der Waals surface area contributed by atoms with E-state index in [4.69, 9.17) is 10.5 Å². The number of morpholine rings is 1. The molecule has 1 aromatic carbocycles. The number of carbonyl (C=O) groups excluding carboxylic acids is 1. The van der Waals surface area contributed by atoms with Crippen molar-refractivity contribution >= 4 is 11.6 Å². The summed E-state index contributed by atoms with van der Waals surface area (Å²) < 4.78 is 5.42. The van der Waals surface area contributed by atoms with Gasteiger partial charge in [-0.25, -0.2) is 0 Å². The number of hydrogen-bond acceptors (Lipinski definition) is 3. The molecule has 1 saturated heterocycles. The van der Waals surface area contributed by atoms with Crippen LogP contribution in [0.3, 0.4) is 0 Å². The Labute approximate surface area is 101 Å². The summed E-state index contributed by atoms with van der Waals surface area (Å²) in [7, 11) is 0. The van der Waals surface area contributed by atoms with Crippen molar-refractivity contribution in [3.05, 3.63) is 29.3 Å². The molecule has 0 bridgehead atoms. The van der Waals surface area contributed by atoms with E-state index < -0.39 is 0 Å². The Morgan fingerprint density at radius 2 is 2.29 bits per heavy atom. The predicted molar refractivity (Wildman–Crippen MR) is 66.9 cm³/mol. The van der Waals surface area contributed by atoms with E-state index in [1.165, 1.54) is 0 Å². The standard InChI is InChI=1S/C13H18N2O2/c1-9-3-4-11(12(14)7-9)13(16)15-5-6-17-10(2)8-15/h3-4,7,10H,5-6,8,14H2,1-2H3. The maximum Gasteiger partial charge on any atom is 0.256 e. The van der Waals surface area contributed by atoms with E-state index in [-0.39, 0.29) is 12.0 Å². The molecule has 0 spiro atoms. The summed E-state index contributed by atoms with van der Waals surface area (Å²) in [5, 5.41) is 0. The van der Waals surface area contributed by atoms with Crippen LogP contribution in [0.4, 0.5) is 5.69 Å². The van der Waals surface area contributed by atoms with Crippen molar-refractivity contribution in [2.45, 2.75) is 20.0 Å². The molecule has 0 radical (unpaired) electrons. The van der Waals surface area contributed by atoms with E-state index in [0.717, 1.165) is 5.56 Å². The first-order chi connectivity index (χ1) is 8.08. The first-order valence-electron chi connectivity index (χ1n) is 5.85. The van der Waals surface area contributed by atoms with Gasteiger partial charge in [-0.2, -0.15) is 0 Å². The number of aryl methyl sites for hydroxylation is 1. The van der Waals surface area contributed by atoms with Gasteiger partial charge in [0.25, 0.3) is 5.91 Å². The molecule has 1 aliphatic rings.